The predicted octanol–water partition coefficient (Wildman–Crippen LogP) is 8.46. The SMILES string of the molecule is Cc1nc2c(N=Nc3[n-]nc(-c4ccccc4)c3C#N)c(-c3ccccc3)[n-][n+]2[n-]1.[C-]#[N+]c1c(N=Nc2c(N=C(C)N)n[nH]c2-c2ccccc2)n[nH]c1-c1ccccc1. The van der Waals surface area contributed by atoms with Gasteiger partial charge in [0.1, 0.15) is 11.8 Å². The Morgan fingerprint density at radius 2 is 1.30 bits per heavy atom. The smallest absolute Gasteiger partial charge is 0.323 e. The molecule has 290 valence electrons. The average Bonchev–Trinajstić information content (AvgIpc) is 4.12. The lowest BCUT2D eigenvalue weighted by molar-refractivity contribution is -0.647. The summed E-state index contributed by atoms with van der Waals surface area (Å²) < 4.78 is 1.43. The van der Waals surface area contributed by atoms with Gasteiger partial charge in [-0.1, -0.05) is 132 Å². The molecule has 5 aromatic heterocycles. The molecule has 9 aromatic rings. The van der Waals surface area contributed by atoms with Gasteiger partial charge in [0.05, 0.1) is 40.9 Å². The van der Waals surface area contributed by atoms with E-state index in [1.54, 1.807) is 13.8 Å². The summed E-state index contributed by atoms with van der Waals surface area (Å²) >= 11 is 0. The molecule has 4 aromatic carbocycles. The van der Waals surface area contributed by atoms with Crippen LogP contribution in [0, 0.1) is 24.8 Å². The molecule has 0 bridgehead atoms. The molecule has 0 saturated heterocycles. The van der Waals surface area contributed by atoms with Crippen LogP contribution in [0.5, 0.6) is 0 Å². The van der Waals surface area contributed by atoms with Crippen molar-refractivity contribution in [1.29, 1.82) is 5.26 Å². The van der Waals surface area contributed by atoms with Crippen molar-refractivity contribution >= 4 is 46.0 Å². The molecule has 0 spiro atoms. The monoisotopic (exact) mass is 786 g/mol. The van der Waals surface area contributed by atoms with Crippen LogP contribution >= 0.6 is 0 Å². The van der Waals surface area contributed by atoms with Gasteiger partial charge in [-0.2, -0.15) is 15.5 Å². The van der Waals surface area contributed by atoms with Crippen LogP contribution in [0.3, 0.4) is 0 Å². The number of azo groups is 2. The van der Waals surface area contributed by atoms with Gasteiger partial charge < -0.3 is 30.8 Å². The topological polar surface area (TPSA) is 246 Å². The minimum absolute atomic E-state index is 0.144. The number of H-pyrrole nitrogens is 2. The number of aryl methyl sites for hydroxylation is 1. The lowest BCUT2D eigenvalue weighted by Crippen LogP contribution is -2.29. The minimum Gasteiger partial charge on any atom is -0.506 e. The van der Waals surface area contributed by atoms with Gasteiger partial charge in [0, 0.05) is 11.1 Å². The molecule has 0 unspecified atom stereocenters. The molecular formula is C42H30N18-2. The molecule has 0 aliphatic heterocycles. The van der Waals surface area contributed by atoms with E-state index in [9.17, 15) is 5.26 Å². The van der Waals surface area contributed by atoms with Crippen LogP contribution in [0.2, 0.25) is 0 Å². The Bertz CT molecular complexity index is 3080. The molecule has 4 N–H and O–H groups in total. The number of benzene rings is 4. The van der Waals surface area contributed by atoms with E-state index in [0.717, 1.165) is 22.3 Å². The van der Waals surface area contributed by atoms with Crippen LogP contribution in [-0.2, 0) is 0 Å². The second-order valence-corrected chi connectivity index (χ2v) is 12.8. The summed E-state index contributed by atoms with van der Waals surface area (Å²) in [7, 11) is 0. The number of fused-ring (bicyclic) bond motifs is 1. The zero-order valence-electron chi connectivity index (χ0n) is 31.8. The third kappa shape index (κ3) is 7.78. The molecule has 0 aliphatic rings. The third-order valence-electron chi connectivity index (χ3n) is 8.69. The Labute approximate surface area is 341 Å². The zero-order valence-corrected chi connectivity index (χ0v) is 31.8. The fourth-order valence-corrected chi connectivity index (χ4v) is 6.00. The average molecular weight is 787 g/mol. The quantitative estimate of drug-likeness (QED) is 0.0417. The van der Waals surface area contributed by atoms with Gasteiger partial charge in [0.15, 0.2) is 5.69 Å². The highest BCUT2D eigenvalue weighted by Crippen LogP contribution is 2.41. The normalized spacial score (nSPS) is 11.5. The fraction of sp³-hybridized carbons (Fsp3) is 0.0476. The van der Waals surface area contributed by atoms with Crippen molar-refractivity contribution in [2.75, 3.05) is 0 Å². The maximum absolute atomic E-state index is 9.64. The van der Waals surface area contributed by atoms with Gasteiger partial charge in [-0.05, 0) is 30.8 Å². The molecule has 0 amide bonds. The molecule has 60 heavy (non-hydrogen) atoms. The third-order valence-corrected chi connectivity index (χ3v) is 8.69. The number of nitrogens with zero attached hydrogens (tertiary/aromatic N) is 15. The number of nitrogens with two attached hydrogens (primary N) is 1. The van der Waals surface area contributed by atoms with Crippen molar-refractivity contribution in [3.05, 3.63) is 144 Å². The lowest BCUT2D eigenvalue weighted by Gasteiger charge is -2.08. The standard InChI is InChI=1S/C21H13N9.C21H17N9/c1-13-23-21-19(18(29-30(21)28-13)15-10-6-3-7-11-15)25-27-20-16(12-22)17(24-26-20)14-8-4-2-5-9-14;1-13(22)24-20-19(17(26-28-20)15-11-7-4-8-12-15)27-30-21-18(23-2)16(25-29-21)14-9-5-3-6-10-14/h2-11H,1H3;3-12H,1H3,(H,25,29)(H3,22,24,26,28)/q-2;. The largest absolute Gasteiger partial charge is 0.506 e. The highest BCUT2D eigenvalue weighted by molar-refractivity contribution is 5.86. The van der Waals surface area contributed by atoms with Gasteiger partial charge in [-0.15, -0.1) is 10.2 Å². The molecule has 0 aliphatic carbocycles. The number of aromatic nitrogens is 10. The van der Waals surface area contributed by atoms with E-state index in [-0.39, 0.29) is 22.9 Å². The van der Waals surface area contributed by atoms with Crippen molar-refractivity contribution in [2.24, 2.45) is 31.2 Å². The van der Waals surface area contributed by atoms with Gasteiger partial charge in [0.25, 0.3) is 5.69 Å². The Hall–Kier alpha value is -9.16. The minimum atomic E-state index is 0.144. The van der Waals surface area contributed by atoms with Crippen molar-refractivity contribution in [1.82, 2.24) is 45.8 Å². The van der Waals surface area contributed by atoms with E-state index in [1.165, 1.54) is 4.63 Å². The Morgan fingerprint density at radius 3 is 1.92 bits per heavy atom. The first-order valence-corrected chi connectivity index (χ1v) is 18.2. The second kappa shape index (κ2) is 16.9. The zero-order chi connectivity index (χ0) is 41.4. The number of aromatic amines is 2. The van der Waals surface area contributed by atoms with Crippen molar-refractivity contribution in [3.63, 3.8) is 0 Å². The van der Waals surface area contributed by atoms with E-state index >= 15 is 0 Å². The van der Waals surface area contributed by atoms with E-state index in [2.05, 4.69) is 82.1 Å². The number of hydrogen-bond donors (Lipinski definition) is 3. The first-order chi connectivity index (χ1) is 29.4. The molecule has 0 saturated carbocycles. The summed E-state index contributed by atoms with van der Waals surface area (Å²) in [4.78, 5) is 12.2. The van der Waals surface area contributed by atoms with E-state index in [1.807, 2.05) is 121 Å². The van der Waals surface area contributed by atoms with Crippen molar-refractivity contribution in [2.45, 2.75) is 13.8 Å². The molecule has 9 rings (SSSR count). The Balaban J connectivity index is 0.000000166. The van der Waals surface area contributed by atoms with Crippen molar-refractivity contribution in [3.8, 4) is 51.1 Å². The van der Waals surface area contributed by atoms with Crippen LogP contribution in [0.25, 0.3) is 55.5 Å². The van der Waals surface area contributed by atoms with Gasteiger partial charge in [-0.3, -0.25) is 20.4 Å². The number of rotatable bonds is 9. The highest BCUT2D eigenvalue weighted by Gasteiger charge is 2.18. The summed E-state index contributed by atoms with van der Waals surface area (Å²) in [5, 5.41) is 57.9. The number of nitrogens with one attached hydrogen (secondary N) is 2. The van der Waals surface area contributed by atoms with Gasteiger partial charge in [0.2, 0.25) is 11.6 Å². The second-order valence-electron chi connectivity index (χ2n) is 12.8. The van der Waals surface area contributed by atoms with Crippen molar-refractivity contribution < 1.29 is 4.63 Å². The summed E-state index contributed by atoms with van der Waals surface area (Å²) in [6.45, 7) is 11.0. The molecule has 18 nitrogen and oxygen atoms in total. The fourth-order valence-electron chi connectivity index (χ4n) is 6.00. The van der Waals surface area contributed by atoms with E-state index < -0.39 is 0 Å². The molecule has 0 atom stereocenters. The summed E-state index contributed by atoms with van der Waals surface area (Å²) in [6.07, 6.45) is 0. The molecule has 18 heteroatoms. The van der Waals surface area contributed by atoms with Crippen LogP contribution in [0.1, 0.15) is 18.3 Å². The lowest BCUT2D eigenvalue weighted by atomic mass is 10.1. The first-order valence-electron chi connectivity index (χ1n) is 18.2. The summed E-state index contributed by atoms with van der Waals surface area (Å²) in [5.74, 6) is 1.55. The highest BCUT2D eigenvalue weighted by atomic mass is 15.5. The predicted molar refractivity (Wildman–Crippen MR) is 222 cm³/mol. The molecule has 0 fully saturated rings. The van der Waals surface area contributed by atoms with Crippen LogP contribution < -0.4 is 25.7 Å². The number of amidine groups is 1. The Kier molecular flexibility index (Phi) is 10.6. The maximum atomic E-state index is 9.64. The number of nitriles is 1. The number of aliphatic imine (C=N–C) groups is 1. The van der Waals surface area contributed by atoms with E-state index in [4.69, 9.17) is 12.3 Å². The van der Waals surface area contributed by atoms with Crippen LogP contribution in [0.4, 0.5) is 34.5 Å². The first kappa shape index (κ1) is 37.7. The number of hydrogen-bond acceptors (Lipinski definition) is 10. The molecule has 5 heterocycles. The van der Waals surface area contributed by atoms with Gasteiger partial charge in [-0.25, -0.2) is 9.84 Å². The van der Waals surface area contributed by atoms with Crippen LogP contribution in [-0.4, -0.2) is 36.3 Å². The Morgan fingerprint density at radius 1 is 0.733 bits per heavy atom. The maximum Gasteiger partial charge on any atom is 0.323 e. The van der Waals surface area contributed by atoms with E-state index in [0.29, 0.717) is 57.3 Å². The molecular weight excluding hydrogens is 757 g/mol. The molecule has 0 radical (unpaired) electrons. The summed E-state index contributed by atoms with van der Waals surface area (Å²) in [5.41, 5.74) is 13.3. The van der Waals surface area contributed by atoms with Gasteiger partial charge >= 0.3 is 5.65 Å². The van der Waals surface area contributed by atoms with Crippen LogP contribution in [0.15, 0.2) is 147 Å². The summed E-state index contributed by atoms with van der Waals surface area (Å²) in [6, 6.07) is 40.1.